The van der Waals surface area contributed by atoms with Gasteiger partial charge >= 0.3 is 18.0 Å². The molecule has 1 amide bonds. The maximum Gasteiger partial charge on any atom is 0.409 e. The molecule has 0 bridgehead atoms. The van der Waals surface area contributed by atoms with Crippen molar-refractivity contribution in [1.82, 2.24) is 9.88 Å². The Morgan fingerprint density at radius 2 is 1.80 bits per heavy atom. The Morgan fingerprint density at radius 3 is 2.46 bits per heavy atom. The van der Waals surface area contributed by atoms with E-state index in [0.717, 1.165) is 24.0 Å². The Labute approximate surface area is 208 Å². The van der Waals surface area contributed by atoms with Crippen molar-refractivity contribution in [2.75, 3.05) is 33.9 Å². The summed E-state index contributed by atoms with van der Waals surface area (Å²) in [5.41, 5.74) is 3.47. The van der Waals surface area contributed by atoms with E-state index in [9.17, 15) is 14.4 Å². The molecule has 2 heterocycles. The molecule has 1 atom stereocenters. The van der Waals surface area contributed by atoms with Gasteiger partial charge in [0.25, 0.3) is 0 Å². The number of aromatic nitrogens is 1. The van der Waals surface area contributed by atoms with Crippen molar-refractivity contribution in [3.05, 3.63) is 63.4 Å². The van der Waals surface area contributed by atoms with E-state index in [2.05, 4.69) is 4.98 Å². The number of benzene rings is 1. The lowest BCUT2D eigenvalue weighted by Crippen LogP contribution is -2.40. The van der Waals surface area contributed by atoms with Crippen molar-refractivity contribution in [1.29, 1.82) is 0 Å². The quantitative estimate of drug-likeness (QED) is 0.450. The average Bonchev–Trinajstić information content (AvgIpc) is 3.01. The lowest BCUT2D eigenvalue weighted by Gasteiger charge is -2.36. The topological polar surface area (TPSA) is 95.0 Å². The molecular formula is C26H27ClN2O6. The number of esters is 2. The highest BCUT2D eigenvalue weighted by Gasteiger charge is 2.37. The smallest absolute Gasteiger partial charge is 0.409 e. The number of fused-ring (bicyclic) bond motifs is 2. The van der Waals surface area contributed by atoms with E-state index >= 15 is 0 Å². The van der Waals surface area contributed by atoms with E-state index in [1.807, 2.05) is 18.2 Å². The van der Waals surface area contributed by atoms with Crippen molar-refractivity contribution in [2.45, 2.75) is 25.7 Å². The fourth-order valence-corrected chi connectivity index (χ4v) is 5.07. The largest absolute Gasteiger partial charge is 0.465 e. The number of methoxy groups -OCH3 is 2. The molecule has 1 aromatic heterocycles. The van der Waals surface area contributed by atoms with Crippen LogP contribution >= 0.6 is 11.6 Å². The van der Waals surface area contributed by atoms with Crippen LogP contribution in [0.3, 0.4) is 0 Å². The molecule has 1 saturated heterocycles. The molecular weight excluding hydrogens is 472 g/mol. The van der Waals surface area contributed by atoms with Crippen molar-refractivity contribution < 1.29 is 28.6 Å². The SMILES string of the molecule is CCOC(=O)N1CCC(C2c3ccc(Cl)cc3C=C(C(=O)OC)c3cc(C(=O)OC)cnc32)CC1. The number of carbonyl (C=O) groups is 3. The lowest BCUT2D eigenvalue weighted by atomic mass is 9.76. The van der Waals surface area contributed by atoms with Crippen LogP contribution in [0.1, 0.15) is 58.4 Å². The Hall–Kier alpha value is -3.39. The number of hydrogen-bond acceptors (Lipinski definition) is 7. The number of carbonyl (C=O) groups excluding carboxylic acids is 3. The first-order chi connectivity index (χ1) is 16.9. The minimum atomic E-state index is -0.548. The minimum Gasteiger partial charge on any atom is -0.465 e. The first kappa shape index (κ1) is 24.7. The van der Waals surface area contributed by atoms with Crippen LogP contribution in [0.25, 0.3) is 11.6 Å². The van der Waals surface area contributed by atoms with Crippen molar-refractivity contribution in [3.63, 3.8) is 0 Å². The molecule has 1 unspecified atom stereocenters. The molecule has 2 aliphatic rings. The summed E-state index contributed by atoms with van der Waals surface area (Å²) in [6, 6.07) is 7.22. The zero-order valence-electron chi connectivity index (χ0n) is 19.9. The summed E-state index contributed by atoms with van der Waals surface area (Å²) in [6.45, 7) is 3.22. The first-order valence-corrected chi connectivity index (χ1v) is 11.9. The van der Waals surface area contributed by atoms with E-state index in [-0.39, 0.29) is 29.1 Å². The molecule has 8 nitrogen and oxygen atoms in total. The number of hydrogen-bond donors (Lipinski definition) is 0. The Morgan fingerprint density at radius 1 is 1.09 bits per heavy atom. The molecule has 35 heavy (non-hydrogen) atoms. The first-order valence-electron chi connectivity index (χ1n) is 11.5. The molecule has 2 aromatic rings. The van der Waals surface area contributed by atoms with Crippen LogP contribution in [0.5, 0.6) is 0 Å². The molecule has 0 N–H and O–H groups in total. The maximum absolute atomic E-state index is 12.9. The van der Waals surface area contributed by atoms with Gasteiger partial charge in [0.2, 0.25) is 0 Å². The van der Waals surface area contributed by atoms with Crippen LogP contribution in [0, 0.1) is 5.92 Å². The molecule has 0 radical (unpaired) electrons. The summed E-state index contributed by atoms with van der Waals surface area (Å²) in [7, 11) is 2.61. The second-order valence-corrected chi connectivity index (χ2v) is 8.91. The standard InChI is InChI=1S/C26H27ClN2O6/c1-4-35-26(32)29-9-7-15(8-10-29)22-19-6-5-18(27)11-16(19)12-21(25(31)34-3)20-13-17(24(30)33-2)14-28-23(20)22/h5-6,11-15,22H,4,7-10H2,1-3H3. The number of halogens is 1. The average molecular weight is 499 g/mol. The van der Waals surface area contributed by atoms with Gasteiger partial charge in [-0.25, -0.2) is 14.4 Å². The number of pyridine rings is 1. The van der Waals surface area contributed by atoms with E-state index in [1.54, 1.807) is 24.0 Å². The zero-order chi connectivity index (χ0) is 25.1. The molecule has 1 aliphatic heterocycles. The predicted molar refractivity (Wildman–Crippen MR) is 130 cm³/mol. The highest BCUT2D eigenvalue weighted by atomic mass is 35.5. The molecule has 184 valence electrons. The fourth-order valence-electron chi connectivity index (χ4n) is 4.89. The van der Waals surface area contributed by atoms with E-state index < -0.39 is 11.9 Å². The van der Waals surface area contributed by atoms with Gasteiger partial charge in [-0.3, -0.25) is 4.98 Å². The maximum atomic E-state index is 12.9. The third kappa shape index (κ3) is 4.89. The van der Waals surface area contributed by atoms with Crippen molar-refractivity contribution in [2.24, 2.45) is 5.92 Å². The molecule has 1 fully saturated rings. The van der Waals surface area contributed by atoms with Crippen LogP contribution in [0.4, 0.5) is 4.79 Å². The van der Waals surface area contributed by atoms with Crippen LogP contribution < -0.4 is 0 Å². The summed E-state index contributed by atoms with van der Waals surface area (Å²) in [4.78, 5) is 43.8. The molecule has 4 rings (SSSR count). The summed E-state index contributed by atoms with van der Waals surface area (Å²) in [5, 5.41) is 0.536. The molecule has 0 saturated carbocycles. The van der Waals surface area contributed by atoms with Gasteiger partial charge in [0.1, 0.15) is 0 Å². The van der Waals surface area contributed by atoms with Gasteiger partial charge in [0.15, 0.2) is 0 Å². The normalized spacial score (nSPS) is 17.4. The van der Waals surface area contributed by atoms with Gasteiger partial charge in [-0.1, -0.05) is 17.7 Å². The van der Waals surface area contributed by atoms with E-state index in [4.69, 9.17) is 25.8 Å². The number of ether oxygens (including phenoxy) is 3. The second-order valence-electron chi connectivity index (χ2n) is 8.47. The monoisotopic (exact) mass is 498 g/mol. The highest BCUT2D eigenvalue weighted by Crippen LogP contribution is 2.45. The van der Waals surface area contributed by atoms with E-state index in [1.165, 1.54) is 20.4 Å². The third-order valence-corrected chi connectivity index (χ3v) is 6.79. The van der Waals surface area contributed by atoms with Crippen LogP contribution in [-0.2, 0) is 19.0 Å². The van der Waals surface area contributed by atoms with Crippen LogP contribution in [-0.4, -0.2) is 61.8 Å². The van der Waals surface area contributed by atoms with Gasteiger partial charge in [0, 0.05) is 35.8 Å². The molecule has 9 heteroatoms. The number of likely N-dealkylation sites (tertiary alicyclic amines) is 1. The van der Waals surface area contributed by atoms with Gasteiger partial charge in [-0.15, -0.1) is 0 Å². The summed E-state index contributed by atoms with van der Waals surface area (Å²) < 4.78 is 15.1. The predicted octanol–water partition coefficient (Wildman–Crippen LogP) is 4.55. The van der Waals surface area contributed by atoms with Crippen molar-refractivity contribution in [3.8, 4) is 0 Å². The Bertz CT molecular complexity index is 1190. The minimum absolute atomic E-state index is 0.126. The number of amides is 1. The summed E-state index contributed by atoms with van der Waals surface area (Å²) >= 11 is 6.32. The Kier molecular flexibility index (Phi) is 7.40. The lowest BCUT2D eigenvalue weighted by molar-refractivity contribution is -0.133. The van der Waals surface area contributed by atoms with Crippen molar-refractivity contribution >= 4 is 41.3 Å². The van der Waals surface area contributed by atoms with Gasteiger partial charge in [-0.05, 0) is 61.1 Å². The second kappa shape index (κ2) is 10.5. The number of nitrogens with zero attached hydrogens (tertiary/aromatic N) is 2. The molecule has 1 aliphatic carbocycles. The van der Waals surface area contributed by atoms with Crippen LogP contribution in [0.2, 0.25) is 5.02 Å². The van der Waals surface area contributed by atoms with Crippen LogP contribution in [0.15, 0.2) is 30.5 Å². The molecule has 0 spiro atoms. The number of piperidine rings is 1. The summed E-state index contributed by atoms with van der Waals surface area (Å²) in [6.07, 6.45) is 4.34. The molecule has 1 aromatic carbocycles. The van der Waals surface area contributed by atoms with Gasteiger partial charge in [0.05, 0.1) is 37.7 Å². The summed E-state index contributed by atoms with van der Waals surface area (Å²) in [5.74, 6) is -1.15. The highest BCUT2D eigenvalue weighted by molar-refractivity contribution is 6.31. The number of rotatable bonds is 4. The van der Waals surface area contributed by atoms with Gasteiger partial charge in [-0.2, -0.15) is 0 Å². The fraction of sp³-hybridized carbons (Fsp3) is 0.385. The zero-order valence-corrected chi connectivity index (χ0v) is 20.6. The van der Waals surface area contributed by atoms with E-state index in [0.29, 0.717) is 36.0 Å². The Balaban J connectivity index is 1.83. The third-order valence-electron chi connectivity index (χ3n) is 6.55. The van der Waals surface area contributed by atoms with Gasteiger partial charge < -0.3 is 19.1 Å².